The van der Waals surface area contributed by atoms with E-state index in [0.29, 0.717) is 16.5 Å². The summed E-state index contributed by atoms with van der Waals surface area (Å²) in [7, 11) is 0. The zero-order valence-corrected chi connectivity index (χ0v) is 9.59. The van der Waals surface area contributed by atoms with Crippen LogP contribution in [-0.4, -0.2) is 31.6 Å². The fourth-order valence-electron chi connectivity index (χ4n) is 1.15. The third-order valence-corrected chi connectivity index (χ3v) is 2.51. The van der Waals surface area contributed by atoms with Crippen LogP contribution in [0.1, 0.15) is 0 Å². The zero-order valence-electron chi connectivity index (χ0n) is 8.77. The maximum Gasteiger partial charge on any atom is 0.269 e. The predicted molar refractivity (Wildman–Crippen MR) is 61.5 cm³/mol. The largest absolute Gasteiger partial charge is 0.269 e. The Kier molecular flexibility index (Phi) is 3.24. The Labute approximate surface area is 100 Å². The third kappa shape index (κ3) is 2.53. The van der Waals surface area contributed by atoms with Crippen LogP contribution in [0.3, 0.4) is 0 Å². The summed E-state index contributed by atoms with van der Waals surface area (Å²) >= 11 is 1.34. The van der Waals surface area contributed by atoms with Gasteiger partial charge in [-0.1, -0.05) is 11.8 Å². The van der Waals surface area contributed by atoms with Crippen molar-refractivity contribution >= 4 is 17.4 Å². The van der Waals surface area contributed by atoms with Gasteiger partial charge in [0.25, 0.3) is 5.69 Å². The molecule has 0 fully saturated rings. The van der Waals surface area contributed by atoms with Gasteiger partial charge >= 0.3 is 0 Å². The van der Waals surface area contributed by atoms with Crippen LogP contribution < -0.4 is 0 Å². The second kappa shape index (κ2) is 4.83. The van der Waals surface area contributed by atoms with Crippen LogP contribution in [0.15, 0.2) is 29.4 Å². The maximum absolute atomic E-state index is 10.5. The van der Waals surface area contributed by atoms with E-state index in [2.05, 4.69) is 20.4 Å². The number of nitro benzene ring substituents is 1. The normalized spacial score (nSPS) is 10.2. The Morgan fingerprint density at radius 3 is 2.18 bits per heavy atom. The number of non-ortho nitro benzene ring substituents is 1. The Morgan fingerprint density at radius 1 is 1.12 bits per heavy atom. The van der Waals surface area contributed by atoms with E-state index in [9.17, 15) is 10.1 Å². The van der Waals surface area contributed by atoms with Crippen LogP contribution in [0.4, 0.5) is 5.69 Å². The number of aromatic nitrogens is 4. The number of hydrogen-bond acceptors (Lipinski definition) is 7. The quantitative estimate of drug-likeness (QED) is 0.462. The summed E-state index contributed by atoms with van der Waals surface area (Å²) in [5.74, 6) is 0.345. The van der Waals surface area contributed by atoms with Crippen molar-refractivity contribution in [1.29, 1.82) is 0 Å². The van der Waals surface area contributed by atoms with Crippen LogP contribution in [-0.2, 0) is 0 Å². The minimum atomic E-state index is -0.460. The van der Waals surface area contributed by atoms with Gasteiger partial charge in [-0.25, -0.2) is 0 Å². The molecule has 0 aliphatic rings. The molecule has 0 radical (unpaired) electrons. The Balaban J connectivity index is 2.29. The van der Waals surface area contributed by atoms with Crippen molar-refractivity contribution in [3.8, 4) is 11.4 Å². The average Bonchev–Trinajstić information content (AvgIpc) is 2.39. The molecule has 0 atom stereocenters. The number of hydrogen-bond donors (Lipinski definition) is 0. The molecule has 2 aromatic rings. The van der Waals surface area contributed by atoms with Gasteiger partial charge in [0.2, 0.25) is 11.0 Å². The molecule has 0 saturated carbocycles. The summed E-state index contributed by atoms with van der Waals surface area (Å²) in [6.45, 7) is 0. The van der Waals surface area contributed by atoms with Gasteiger partial charge in [0.1, 0.15) is 0 Å². The minimum Gasteiger partial charge on any atom is -0.258 e. The summed E-state index contributed by atoms with van der Waals surface area (Å²) in [6.07, 6.45) is 1.82. The van der Waals surface area contributed by atoms with Crippen molar-refractivity contribution in [3.05, 3.63) is 34.4 Å². The highest BCUT2D eigenvalue weighted by Gasteiger charge is 2.07. The number of rotatable bonds is 3. The third-order valence-electron chi connectivity index (χ3n) is 1.98. The number of nitrogens with zero attached hydrogens (tertiary/aromatic N) is 5. The summed E-state index contributed by atoms with van der Waals surface area (Å²) in [4.78, 5) is 10.0. The molecule has 0 N–H and O–H groups in total. The molecular formula is C9H7N5O2S. The van der Waals surface area contributed by atoms with Gasteiger partial charge in [-0.2, -0.15) is 0 Å². The molecular weight excluding hydrogens is 242 g/mol. The number of nitro groups is 1. The molecule has 86 valence electrons. The first-order chi connectivity index (χ1) is 8.20. The van der Waals surface area contributed by atoms with Crippen LogP contribution in [0.25, 0.3) is 11.4 Å². The van der Waals surface area contributed by atoms with Gasteiger partial charge in [-0.15, -0.1) is 20.4 Å². The molecule has 2 rings (SSSR count). The molecule has 0 aliphatic carbocycles. The van der Waals surface area contributed by atoms with E-state index in [4.69, 9.17) is 0 Å². The summed E-state index contributed by atoms with van der Waals surface area (Å²) in [6, 6.07) is 5.91. The molecule has 0 spiro atoms. The van der Waals surface area contributed by atoms with Gasteiger partial charge < -0.3 is 0 Å². The lowest BCUT2D eigenvalue weighted by Crippen LogP contribution is -1.97. The van der Waals surface area contributed by atoms with E-state index >= 15 is 0 Å². The summed E-state index contributed by atoms with van der Waals surface area (Å²) in [5, 5.41) is 26.4. The Hall–Kier alpha value is -2.09. The fourth-order valence-corrected chi connectivity index (χ4v) is 1.39. The summed E-state index contributed by atoms with van der Waals surface area (Å²) in [5.41, 5.74) is 0.665. The second-order valence-electron chi connectivity index (χ2n) is 3.01. The minimum absolute atomic E-state index is 0.0235. The number of thioether (sulfide) groups is 1. The van der Waals surface area contributed by atoms with E-state index < -0.39 is 4.92 Å². The zero-order chi connectivity index (χ0) is 12.3. The van der Waals surface area contributed by atoms with Crippen molar-refractivity contribution in [2.45, 2.75) is 5.16 Å². The molecule has 0 saturated heterocycles. The Morgan fingerprint density at radius 2 is 1.71 bits per heavy atom. The van der Waals surface area contributed by atoms with Crippen LogP contribution in [0, 0.1) is 10.1 Å². The van der Waals surface area contributed by atoms with Crippen molar-refractivity contribution in [2.24, 2.45) is 0 Å². The highest BCUT2D eigenvalue weighted by Crippen LogP contribution is 2.18. The van der Waals surface area contributed by atoms with Crippen molar-refractivity contribution in [3.63, 3.8) is 0 Å². The Bertz CT molecular complexity index is 528. The molecule has 0 amide bonds. The van der Waals surface area contributed by atoms with Gasteiger partial charge in [0.15, 0.2) is 0 Å². The molecule has 0 unspecified atom stereocenters. The first-order valence-corrected chi connectivity index (χ1v) is 5.79. The molecule has 1 heterocycles. The number of benzene rings is 1. The molecule has 1 aromatic heterocycles. The van der Waals surface area contributed by atoms with Gasteiger partial charge in [0, 0.05) is 17.7 Å². The molecule has 0 bridgehead atoms. The standard InChI is InChI=1S/C9H7N5O2S/c1-17-9-12-10-8(11-13-9)6-2-4-7(5-3-6)14(15)16/h2-5H,1H3. The highest BCUT2D eigenvalue weighted by atomic mass is 32.2. The molecule has 0 aliphatic heterocycles. The second-order valence-corrected chi connectivity index (χ2v) is 3.79. The average molecular weight is 249 g/mol. The monoisotopic (exact) mass is 249 g/mol. The van der Waals surface area contributed by atoms with Crippen LogP contribution in [0.5, 0.6) is 0 Å². The van der Waals surface area contributed by atoms with Gasteiger partial charge in [-0.05, 0) is 18.4 Å². The predicted octanol–water partition coefficient (Wildman–Crippen LogP) is 1.56. The van der Waals surface area contributed by atoms with Gasteiger partial charge in [-0.3, -0.25) is 10.1 Å². The van der Waals surface area contributed by atoms with Crippen LogP contribution >= 0.6 is 11.8 Å². The van der Waals surface area contributed by atoms with E-state index in [1.54, 1.807) is 12.1 Å². The van der Waals surface area contributed by atoms with Gasteiger partial charge in [0.05, 0.1) is 4.92 Å². The topological polar surface area (TPSA) is 94.7 Å². The molecule has 7 nitrogen and oxygen atoms in total. The lowest BCUT2D eigenvalue weighted by Gasteiger charge is -1.98. The van der Waals surface area contributed by atoms with Crippen LogP contribution in [0.2, 0.25) is 0 Å². The molecule has 17 heavy (non-hydrogen) atoms. The molecule has 8 heteroatoms. The first kappa shape index (κ1) is 11.4. The van der Waals surface area contributed by atoms with E-state index in [-0.39, 0.29) is 5.69 Å². The van der Waals surface area contributed by atoms with Crippen molar-refractivity contribution < 1.29 is 4.92 Å². The van der Waals surface area contributed by atoms with Crippen molar-refractivity contribution in [2.75, 3.05) is 6.26 Å². The van der Waals surface area contributed by atoms with Crippen molar-refractivity contribution in [1.82, 2.24) is 20.4 Å². The first-order valence-electron chi connectivity index (χ1n) is 4.57. The lowest BCUT2D eigenvalue weighted by atomic mass is 10.2. The molecule has 1 aromatic carbocycles. The van der Waals surface area contributed by atoms with E-state index in [1.165, 1.54) is 23.9 Å². The summed E-state index contributed by atoms with van der Waals surface area (Å²) < 4.78 is 0. The highest BCUT2D eigenvalue weighted by molar-refractivity contribution is 7.98. The van der Waals surface area contributed by atoms with E-state index in [1.807, 2.05) is 6.26 Å². The maximum atomic E-state index is 10.5. The smallest absolute Gasteiger partial charge is 0.258 e. The fraction of sp³-hybridized carbons (Fsp3) is 0.111. The lowest BCUT2D eigenvalue weighted by molar-refractivity contribution is -0.384. The SMILES string of the molecule is CSc1nnc(-c2ccc([N+](=O)[O-])cc2)nn1. The van der Waals surface area contributed by atoms with E-state index in [0.717, 1.165) is 0 Å².